The Morgan fingerprint density at radius 3 is 2.65 bits per heavy atom. The minimum Gasteiger partial charge on any atom is -0.503 e. The summed E-state index contributed by atoms with van der Waals surface area (Å²) in [4.78, 5) is 36.5. The van der Waals surface area contributed by atoms with Crippen LogP contribution in [0.3, 0.4) is 0 Å². The lowest BCUT2D eigenvalue weighted by molar-refractivity contribution is 0.0948. The third-order valence-corrected chi connectivity index (χ3v) is 3.88. The largest absolute Gasteiger partial charge is 0.503 e. The van der Waals surface area contributed by atoms with E-state index in [1.54, 1.807) is 0 Å². The molecule has 3 aromatic rings. The molecule has 0 saturated heterocycles. The minimum absolute atomic E-state index is 0.0266. The van der Waals surface area contributed by atoms with Crippen molar-refractivity contribution < 1.29 is 18.7 Å². The topological polar surface area (TPSA) is 92.8 Å². The Bertz CT molecular complexity index is 1150. The Hall–Kier alpha value is -3.49. The zero-order valence-electron chi connectivity index (χ0n) is 13.5. The van der Waals surface area contributed by atoms with E-state index >= 15 is 0 Å². The number of carbonyl (C=O) groups excluding carboxylic acids is 1. The van der Waals surface area contributed by atoms with Crippen molar-refractivity contribution in [3.05, 3.63) is 80.1 Å². The van der Waals surface area contributed by atoms with Gasteiger partial charge in [0.15, 0.2) is 11.3 Å². The van der Waals surface area contributed by atoms with Gasteiger partial charge in [0.1, 0.15) is 17.2 Å². The van der Waals surface area contributed by atoms with Gasteiger partial charge < -0.3 is 19.4 Å². The fourth-order valence-electron chi connectivity index (χ4n) is 2.45. The quantitative estimate of drug-likeness (QED) is 0.725. The molecule has 0 saturated carbocycles. The number of aromatic nitrogens is 2. The number of benzene rings is 1. The maximum Gasteiger partial charge on any atom is 0.278 e. The van der Waals surface area contributed by atoms with Crippen molar-refractivity contribution in [1.29, 1.82) is 0 Å². The molecule has 0 radical (unpaired) electrons. The third-order valence-electron chi connectivity index (χ3n) is 3.88. The second-order valence-corrected chi connectivity index (χ2v) is 5.61. The molecule has 0 aliphatic rings. The average molecular weight is 361 g/mol. The van der Waals surface area contributed by atoms with Gasteiger partial charge in [-0.05, 0) is 6.07 Å². The van der Waals surface area contributed by atoms with Gasteiger partial charge in [0, 0.05) is 43.8 Å². The van der Waals surface area contributed by atoms with Crippen LogP contribution in [0.25, 0.3) is 5.52 Å². The highest BCUT2D eigenvalue weighted by molar-refractivity contribution is 5.94. The van der Waals surface area contributed by atoms with E-state index in [-0.39, 0.29) is 17.6 Å². The van der Waals surface area contributed by atoms with Crippen LogP contribution in [0, 0.1) is 11.6 Å². The molecule has 9 heteroatoms. The van der Waals surface area contributed by atoms with E-state index in [1.165, 1.54) is 30.1 Å². The molecule has 0 unspecified atom stereocenters. The fraction of sp³-hybridized carbons (Fsp3) is 0.118. The van der Waals surface area contributed by atoms with Crippen molar-refractivity contribution in [2.24, 2.45) is 7.05 Å². The van der Waals surface area contributed by atoms with Crippen LogP contribution in [0.2, 0.25) is 0 Å². The Balaban J connectivity index is 1.96. The molecule has 2 aromatic heterocycles. The van der Waals surface area contributed by atoms with Gasteiger partial charge in [-0.2, -0.15) is 0 Å². The highest BCUT2D eigenvalue weighted by atomic mass is 19.1. The predicted molar refractivity (Wildman–Crippen MR) is 88.1 cm³/mol. The van der Waals surface area contributed by atoms with E-state index in [0.717, 1.165) is 16.7 Å². The van der Waals surface area contributed by atoms with E-state index < -0.39 is 39.8 Å². The Kier molecular flexibility index (Phi) is 4.29. The highest BCUT2D eigenvalue weighted by Gasteiger charge is 2.18. The zero-order valence-corrected chi connectivity index (χ0v) is 13.5. The molecule has 0 fully saturated rings. The number of rotatable bonds is 3. The molecular weight excluding hydrogens is 348 g/mol. The van der Waals surface area contributed by atoms with Crippen LogP contribution >= 0.6 is 0 Å². The number of hydrogen-bond donors (Lipinski definition) is 2. The van der Waals surface area contributed by atoms with Gasteiger partial charge in [0.2, 0.25) is 5.43 Å². The Morgan fingerprint density at radius 2 is 1.96 bits per heavy atom. The molecule has 0 aliphatic heterocycles. The number of halogens is 2. The van der Waals surface area contributed by atoms with Crippen molar-refractivity contribution in [2.45, 2.75) is 6.54 Å². The molecule has 2 heterocycles. The summed E-state index contributed by atoms with van der Waals surface area (Å²) in [5.74, 6) is -3.32. The van der Waals surface area contributed by atoms with Crippen molar-refractivity contribution in [1.82, 2.24) is 14.3 Å². The molecule has 7 nitrogen and oxygen atoms in total. The first-order valence-corrected chi connectivity index (χ1v) is 7.45. The summed E-state index contributed by atoms with van der Waals surface area (Å²) in [6.07, 6.45) is 3.90. The number of aromatic hydroxyl groups is 1. The number of nitrogens with one attached hydrogen (secondary N) is 1. The summed E-state index contributed by atoms with van der Waals surface area (Å²) in [6.45, 7) is -0.287. The van der Waals surface area contributed by atoms with Gasteiger partial charge in [0.05, 0.1) is 0 Å². The summed E-state index contributed by atoms with van der Waals surface area (Å²) < 4.78 is 28.8. The first kappa shape index (κ1) is 17.3. The van der Waals surface area contributed by atoms with E-state index in [1.807, 2.05) is 0 Å². The molecule has 2 N–H and O–H groups in total. The summed E-state index contributed by atoms with van der Waals surface area (Å²) in [6, 6.07) is 2.88. The van der Waals surface area contributed by atoms with Crippen LogP contribution in [-0.2, 0) is 13.6 Å². The lowest BCUT2D eigenvalue weighted by Gasteiger charge is -2.09. The Morgan fingerprint density at radius 1 is 1.23 bits per heavy atom. The number of pyridine rings is 1. The van der Waals surface area contributed by atoms with Crippen LogP contribution in [0.1, 0.15) is 15.9 Å². The van der Waals surface area contributed by atoms with Gasteiger partial charge >= 0.3 is 0 Å². The number of nitrogens with zero attached hydrogens (tertiary/aromatic N) is 2. The number of hydrogen-bond acceptors (Lipinski definition) is 4. The van der Waals surface area contributed by atoms with Crippen LogP contribution < -0.4 is 16.3 Å². The predicted octanol–water partition coefficient (Wildman–Crippen LogP) is 0.912. The third kappa shape index (κ3) is 2.94. The summed E-state index contributed by atoms with van der Waals surface area (Å²) in [5, 5.41) is 12.3. The zero-order chi connectivity index (χ0) is 19.0. The van der Waals surface area contributed by atoms with E-state index in [4.69, 9.17) is 0 Å². The van der Waals surface area contributed by atoms with Crippen molar-refractivity contribution in [3.8, 4) is 5.75 Å². The summed E-state index contributed by atoms with van der Waals surface area (Å²) >= 11 is 0. The minimum atomic E-state index is -1.02. The second kappa shape index (κ2) is 6.43. The van der Waals surface area contributed by atoms with Gasteiger partial charge in [-0.15, -0.1) is 0 Å². The summed E-state index contributed by atoms with van der Waals surface area (Å²) in [7, 11) is 1.45. The fourth-order valence-corrected chi connectivity index (χ4v) is 2.45. The number of fused-ring (bicyclic) bond motifs is 1. The van der Waals surface area contributed by atoms with Crippen molar-refractivity contribution >= 4 is 11.4 Å². The maximum absolute atomic E-state index is 13.6. The maximum atomic E-state index is 13.6. The highest BCUT2D eigenvalue weighted by Crippen LogP contribution is 2.12. The van der Waals surface area contributed by atoms with Crippen LogP contribution in [0.5, 0.6) is 5.75 Å². The van der Waals surface area contributed by atoms with Crippen LogP contribution in [0.4, 0.5) is 8.78 Å². The average Bonchev–Trinajstić information content (AvgIpc) is 2.60. The van der Waals surface area contributed by atoms with Gasteiger partial charge in [-0.1, -0.05) is 6.07 Å². The van der Waals surface area contributed by atoms with Gasteiger partial charge in [0.25, 0.3) is 11.5 Å². The van der Waals surface area contributed by atoms with Crippen LogP contribution in [-0.4, -0.2) is 20.0 Å². The van der Waals surface area contributed by atoms with Crippen molar-refractivity contribution in [2.75, 3.05) is 0 Å². The first-order chi connectivity index (χ1) is 12.3. The smallest absolute Gasteiger partial charge is 0.278 e. The molecule has 1 amide bonds. The van der Waals surface area contributed by atoms with E-state index in [9.17, 15) is 28.3 Å². The van der Waals surface area contributed by atoms with E-state index in [0.29, 0.717) is 6.07 Å². The molecule has 0 bridgehead atoms. The molecular formula is C17H13F2N3O4. The first-order valence-electron chi connectivity index (χ1n) is 7.45. The molecule has 1 aromatic carbocycles. The number of amides is 1. The normalized spacial score (nSPS) is 10.9. The SMILES string of the molecule is Cn1ccn2cc(C(=O)NCc3ccc(F)cc3F)c(=O)c(O)c2c1=O. The van der Waals surface area contributed by atoms with Crippen LogP contribution in [0.15, 0.2) is 46.4 Å². The second-order valence-electron chi connectivity index (χ2n) is 5.61. The molecule has 0 spiro atoms. The molecule has 0 atom stereocenters. The molecule has 0 aliphatic carbocycles. The lowest BCUT2D eigenvalue weighted by atomic mass is 10.2. The lowest BCUT2D eigenvalue weighted by Crippen LogP contribution is -2.30. The molecule has 134 valence electrons. The number of carbonyl (C=O) groups is 1. The molecule has 26 heavy (non-hydrogen) atoms. The van der Waals surface area contributed by atoms with Gasteiger partial charge in [-0.3, -0.25) is 14.4 Å². The van der Waals surface area contributed by atoms with Crippen molar-refractivity contribution in [3.63, 3.8) is 0 Å². The standard InChI is InChI=1S/C17H13F2N3O4/c1-21-4-5-22-8-11(14(23)15(24)13(22)17(21)26)16(25)20-7-9-2-3-10(18)6-12(9)19/h2-6,8,24H,7H2,1H3,(H,20,25). The van der Waals surface area contributed by atoms with E-state index in [2.05, 4.69) is 5.32 Å². The monoisotopic (exact) mass is 361 g/mol. The molecule has 3 rings (SSSR count). The number of aryl methyl sites for hydroxylation is 1. The summed E-state index contributed by atoms with van der Waals surface area (Å²) in [5.41, 5.74) is -2.29. The van der Waals surface area contributed by atoms with Gasteiger partial charge in [-0.25, -0.2) is 8.78 Å². The Labute approximate surface area is 144 Å².